The Hall–Kier alpha value is -2.48. The van der Waals surface area contributed by atoms with Gasteiger partial charge in [-0.05, 0) is 26.0 Å². The first kappa shape index (κ1) is 16.0. The number of hydrogen-bond acceptors (Lipinski definition) is 5. The van der Waals surface area contributed by atoms with E-state index in [2.05, 4.69) is 9.82 Å². The van der Waals surface area contributed by atoms with Gasteiger partial charge in [-0.3, -0.25) is 4.72 Å². The largest absolute Gasteiger partial charge is 0.481 e. The Bertz CT molecular complexity index is 960. The minimum absolute atomic E-state index is 0.0374. The zero-order valence-electron chi connectivity index (χ0n) is 14.0. The summed E-state index contributed by atoms with van der Waals surface area (Å²) in [5.41, 5.74) is 0.715. The third-order valence-corrected chi connectivity index (χ3v) is 5.47. The number of fused-ring (bicyclic) bond motifs is 2. The Kier molecular flexibility index (Phi) is 3.54. The molecule has 0 fully saturated rings. The van der Waals surface area contributed by atoms with E-state index in [9.17, 15) is 8.42 Å². The van der Waals surface area contributed by atoms with Crippen LogP contribution in [0.1, 0.15) is 25.8 Å². The lowest BCUT2D eigenvalue weighted by Gasteiger charge is -2.29. The van der Waals surface area contributed by atoms with Crippen LogP contribution >= 0.6 is 0 Å². The van der Waals surface area contributed by atoms with Crippen LogP contribution in [0.3, 0.4) is 0 Å². The van der Waals surface area contributed by atoms with Crippen LogP contribution in [-0.4, -0.2) is 30.4 Å². The standard InChI is InChI=1S/C17H19N3O4S/c1-17(2)8-7-12-5-3-6-13(15(12)24-17)19-25(21,22)14-11-18-20-9-4-10-23-16(14)20/h3,5-8,11,19H,4,9-10H2,1-2H3. The number of sulfonamides is 1. The molecule has 1 N–H and O–H groups in total. The second kappa shape index (κ2) is 5.52. The summed E-state index contributed by atoms with van der Waals surface area (Å²) in [4.78, 5) is 0.0374. The normalized spacial score (nSPS) is 17.8. The number of hydrogen-bond donors (Lipinski definition) is 1. The maximum absolute atomic E-state index is 12.9. The van der Waals surface area contributed by atoms with Crippen LogP contribution in [0.5, 0.6) is 11.6 Å². The molecule has 1 aromatic heterocycles. The highest BCUT2D eigenvalue weighted by Gasteiger charge is 2.29. The fourth-order valence-corrected chi connectivity index (χ4v) is 4.04. The molecule has 132 valence electrons. The minimum Gasteiger partial charge on any atom is -0.481 e. The van der Waals surface area contributed by atoms with Gasteiger partial charge in [-0.25, -0.2) is 13.1 Å². The molecule has 0 aliphatic carbocycles. The predicted octanol–water partition coefficient (Wildman–Crippen LogP) is 2.65. The number of aromatic nitrogens is 2. The van der Waals surface area contributed by atoms with Crippen molar-refractivity contribution in [1.82, 2.24) is 9.78 Å². The Morgan fingerprint density at radius 1 is 1.32 bits per heavy atom. The maximum Gasteiger partial charge on any atom is 0.269 e. The summed E-state index contributed by atoms with van der Waals surface area (Å²) >= 11 is 0. The number of nitrogens with zero attached hydrogens (tertiary/aromatic N) is 2. The highest BCUT2D eigenvalue weighted by atomic mass is 32.2. The zero-order valence-corrected chi connectivity index (χ0v) is 14.8. The first-order chi connectivity index (χ1) is 11.9. The number of para-hydroxylation sites is 1. The summed E-state index contributed by atoms with van der Waals surface area (Å²) in [6.45, 7) is 4.96. The highest BCUT2D eigenvalue weighted by molar-refractivity contribution is 7.92. The number of aryl methyl sites for hydroxylation is 1. The Labute approximate surface area is 146 Å². The van der Waals surface area contributed by atoms with Crippen molar-refractivity contribution in [2.45, 2.75) is 37.3 Å². The van der Waals surface area contributed by atoms with Gasteiger partial charge in [-0.2, -0.15) is 5.10 Å². The lowest BCUT2D eigenvalue weighted by Crippen LogP contribution is -2.28. The molecule has 4 rings (SSSR count). The molecule has 25 heavy (non-hydrogen) atoms. The molecule has 8 heteroatoms. The van der Waals surface area contributed by atoms with E-state index in [1.54, 1.807) is 16.8 Å². The van der Waals surface area contributed by atoms with E-state index in [4.69, 9.17) is 9.47 Å². The maximum atomic E-state index is 12.9. The fraction of sp³-hybridized carbons (Fsp3) is 0.353. The van der Waals surface area contributed by atoms with Crippen LogP contribution in [-0.2, 0) is 16.6 Å². The molecule has 1 aromatic carbocycles. The van der Waals surface area contributed by atoms with Crippen LogP contribution in [0.15, 0.2) is 35.4 Å². The summed E-state index contributed by atoms with van der Waals surface area (Å²) in [5.74, 6) is 0.797. The molecule has 0 spiro atoms. The predicted molar refractivity (Wildman–Crippen MR) is 93.3 cm³/mol. The summed E-state index contributed by atoms with van der Waals surface area (Å²) < 4.78 is 41.4. The highest BCUT2D eigenvalue weighted by Crippen LogP contribution is 2.38. The van der Waals surface area contributed by atoms with Gasteiger partial charge < -0.3 is 9.47 Å². The molecule has 2 aromatic rings. The summed E-state index contributed by atoms with van der Waals surface area (Å²) in [6.07, 6.45) is 6.00. The van der Waals surface area contributed by atoms with Crippen LogP contribution in [0, 0.1) is 0 Å². The van der Waals surface area contributed by atoms with Crippen LogP contribution in [0.2, 0.25) is 0 Å². The smallest absolute Gasteiger partial charge is 0.269 e. The van der Waals surface area contributed by atoms with Crippen molar-refractivity contribution in [3.63, 3.8) is 0 Å². The molecule has 0 radical (unpaired) electrons. The van der Waals surface area contributed by atoms with Gasteiger partial charge in [0.25, 0.3) is 10.0 Å². The molecule has 0 saturated carbocycles. The molecule has 0 bridgehead atoms. The summed E-state index contributed by atoms with van der Waals surface area (Å²) in [6, 6.07) is 5.35. The third-order valence-electron chi connectivity index (χ3n) is 4.12. The second-order valence-corrected chi connectivity index (χ2v) is 8.26. The zero-order chi connectivity index (χ0) is 17.7. The molecular weight excluding hydrogens is 342 g/mol. The molecule has 0 atom stereocenters. The van der Waals surface area contributed by atoms with Crippen molar-refractivity contribution in [2.75, 3.05) is 11.3 Å². The van der Waals surface area contributed by atoms with Gasteiger partial charge >= 0.3 is 0 Å². The molecular formula is C17H19N3O4S. The molecule has 2 aliphatic rings. The van der Waals surface area contributed by atoms with Gasteiger partial charge in [-0.15, -0.1) is 0 Å². The van der Waals surface area contributed by atoms with Crippen molar-refractivity contribution in [3.05, 3.63) is 36.0 Å². The number of anilines is 1. The monoisotopic (exact) mass is 361 g/mol. The average molecular weight is 361 g/mol. The van der Waals surface area contributed by atoms with Gasteiger partial charge in [0.1, 0.15) is 5.60 Å². The molecule has 0 unspecified atom stereocenters. The average Bonchev–Trinajstić information content (AvgIpc) is 2.99. The SMILES string of the molecule is CC1(C)C=Cc2cccc(NS(=O)(=O)c3cnn4c3OCCC4)c2O1. The van der Waals surface area contributed by atoms with Gasteiger partial charge in [0, 0.05) is 18.5 Å². The van der Waals surface area contributed by atoms with Crippen molar-refractivity contribution in [1.29, 1.82) is 0 Å². The molecule has 2 aliphatic heterocycles. The van der Waals surface area contributed by atoms with E-state index in [0.29, 0.717) is 24.6 Å². The van der Waals surface area contributed by atoms with E-state index in [0.717, 1.165) is 12.0 Å². The summed E-state index contributed by atoms with van der Waals surface area (Å²) in [7, 11) is -3.84. The number of benzene rings is 1. The van der Waals surface area contributed by atoms with Gasteiger partial charge in [0.15, 0.2) is 10.6 Å². The van der Waals surface area contributed by atoms with Crippen LogP contribution < -0.4 is 14.2 Å². The fourth-order valence-electron chi connectivity index (χ4n) is 2.90. The van der Waals surface area contributed by atoms with Gasteiger partial charge in [-0.1, -0.05) is 18.2 Å². The Balaban J connectivity index is 1.72. The molecule has 7 nitrogen and oxygen atoms in total. The lowest BCUT2D eigenvalue weighted by molar-refractivity contribution is 0.160. The lowest BCUT2D eigenvalue weighted by atomic mass is 10.0. The Morgan fingerprint density at radius 2 is 2.16 bits per heavy atom. The molecule has 0 saturated heterocycles. The van der Waals surface area contributed by atoms with E-state index in [1.807, 2.05) is 32.1 Å². The third kappa shape index (κ3) is 2.86. The van der Waals surface area contributed by atoms with E-state index in [1.165, 1.54) is 6.20 Å². The molecule has 3 heterocycles. The first-order valence-corrected chi connectivity index (χ1v) is 9.57. The number of nitrogens with one attached hydrogen (secondary N) is 1. The van der Waals surface area contributed by atoms with Crippen molar-refractivity contribution in [2.24, 2.45) is 0 Å². The van der Waals surface area contributed by atoms with E-state index < -0.39 is 15.6 Å². The molecule has 0 amide bonds. The van der Waals surface area contributed by atoms with Crippen LogP contribution in [0.25, 0.3) is 6.08 Å². The first-order valence-electron chi connectivity index (χ1n) is 8.08. The van der Waals surface area contributed by atoms with Crippen molar-refractivity contribution in [3.8, 4) is 11.6 Å². The summed E-state index contributed by atoms with van der Waals surface area (Å²) in [5, 5.41) is 4.11. The number of rotatable bonds is 3. The van der Waals surface area contributed by atoms with Gasteiger partial charge in [0.05, 0.1) is 18.5 Å². The van der Waals surface area contributed by atoms with Gasteiger partial charge in [0.2, 0.25) is 5.88 Å². The quantitative estimate of drug-likeness (QED) is 0.909. The second-order valence-electron chi connectivity index (χ2n) is 6.61. The Morgan fingerprint density at radius 3 is 3.00 bits per heavy atom. The van der Waals surface area contributed by atoms with Crippen molar-refractivity contribution >= 4 is 21.8 Å². The topological polar surface area (TPSA) is 82.5 Å². The van der Waals surface area contributed by atoms with E-state index >= 15 is 0 Å². The van der Waals surface area contributed by atoms with Crippen molar-refractivity contribution < 1.29 is 17.9 Å². The van der Waals surface area contributed by atoms with E-state index in [-0.39, 0.29) is 10.8 Å². The minimum atomic E-state index is -3.84. The number of ether oxygens (including phenoxy) is 2. The van der Waals surface area contributed by atoms with Crippen LogP contribution in [0.4, 0.5) is 5.69 Å².